The summed E-state index contributed by atoms with van der Waals surface area (Å²) in [5.41, 5.74) is 3.91. The van der Waals surface area contributed by atoms with Gasteiger partial charge in [0.1, 0.15) is 17.3 Å². The van der Waals surface area contributed by atoms with E-state index in [4.69, 9.17) is 0 Å². The third kappa shape index (κ3) is 4.03. The van der Waals surface area contributed by atoms with E-state index in [-0.39, 0.29) is 5.91 Å². The first-order valence-corrected chi connectivity index (χ1v) is 9.49. The number of carbonyl (C=O) groups is 1. The molecule has 0 bridgehead atoms. The minimum atomic E-state index is 0.0187. The van der Waals surface area contributed by atoms with Crippen molar-refractivity contribution >= 4 is 17.4 Å². The van der Waals surface area contributed by atoms with E-state index in [1.807, 2.05) is 17.9 Å². The molecular weight excluding hydrogens is 324 g/mol. The number of aryl methyl sites for hydroxylation is 3. The van der Waals surface area contributed by atoms with E-state index in [2.05, 4.69) is 48.2 Å². The van der Waals surface area contributed by atoms with Gasteiger partial charge < -0.3 is 10.2 Å². The highest BCUT2D eigenvalue weighted by molar-refractivity contribution is 5.93. The van der Waals surface area contributed by atoms with E-state index in [9.17, 15) is 4.79 Å². The molecule has 2 heterocycles. The number of carbonyl (C=O) groups excluding carboxylic acids is 1. The van der Waals surface area contributed by atoms with Crippen molar-refractivity contribution < 1.29 is 4.79 Å². The van der Waals surface area contributed by atoms with Gasteiger partial charge in [-0.05, 0) is 69.7 Å². The number of nitrogens with zero attached hydrogens (tertiary/aromatic N) is 3. The van der Waals surface area contributed by atoms with Crippen molar-refractivity contribution in [2.24, 2.45) is 0 Å². The molecule has 26 heavy (non-hydrogen) atoms. The Morgan fingerprint density at radius 3 is 2.69 bits per heavy atom. The van der Waals surface area contributed by atoms with E-state index >= 15 is 0 Å². The molecular formula is C21H28N4O. The average Bonchev–Trinajstić information content (AvgIpc) is 2.63. The van der Waals surface area contributed by atoms with Crippen LogP contribution in [-0.4, -0.2) is 33.4 Å². The van der Waals surface area contributed by atoms with Gasteiger partial charge in [0.25, 0.3) is 5.91 Å². The van der Waals surface area contributed by atoms with Crippen molar-refractivity contribution in [3.05, 3.63) is 46.9 Å². The lowest BCUT2D eigenvalue weighted by Gasteiger charge is -2.35. The molecule has 1 unspecified atom stereocenters. The maximum Gasteiger partial charge on any atom is 0.272 e. The van der Waals surface area contributed by atoms with Crippen LogP contribution in [0.2, 0.25) is 0 Å². The lowest BCUT2D eigenvalue weighted by Crippen LogP contribution is -2.43. The van der Waals surface area contributed by atoms with Crippen LogP contribution in [0.1, 0.15) is 60.0 Å². The molecule has 1 aliphatic rings. The Labute approximate surface area is 155 Å². The Morgan fingerprint density at radius 1 is 1.15 bits per heavy atom. The number of nitrogens with one attached hydrogen (secondary N) is 1. The van der Waals surface area contributed by atoms with Crippen LogP contribution in [0.5, 0.6) is 0 Å². The zero-order valence-corrected chi connectivity index (χ0v) is 16.2. The third-order valence-electron chi connectivity index (χ3n) is 5.20. The highest BCUT2D eigenvalue weighted by Gasteiger charge is 2.27. The monoisotopic (exact) mass is 352 g/mol. The van der Waals surface area contributed by atoms with E-state index in [0.717, 1.165) is 31.5 Å². The second kappa shape index (κ2) is 7.85. The number of anilines is 2. The van der Waals surface area contributed by atoms with E-state index in [1.165, 1.54) is 17.5 Å². The van der Waals surface area contributed by atoms with Gasteiger partial charge in [0.15, 0.2) is 0 Å². The fraction of sp³-hybridized carbons (Fsp3) is 0.476. The molecule has 5 heteroatoms. The lowest BCUT2D eigenvalue weighted by atomic mass is 9.99. The number of benzene rings is 1. The van der Waals surface area contributed by atoms with Crippen LogP contribution in [0, 0.1) is 20.8 Å². The Kier molecular flexibility index (Phi) is 5.55. The Bertz CT molecular complexity index is 803. The molecule has 1 aliphatic heterocycles. The van der Waals surface area contributed by atoms with Crippen molar-refractivity contribution in [2.45, 2.75) is 59.4 Å². The highest BCUT2D eigenvalue weighted by atomic mass is 16.2. The Balaban J connectivity index is 1.84. The fourth-order valence-electron chi connectivity index (χ4n) is 3.55. The van der Waals surface area contributed by atoms with Gasteiger partial charge in [-0.1, -0.05) is 13.0 Å². The molecule has 0 aliphatic carbocycles. The van der Waals surface area contributed by atoms with E-state index in [1.54, 1.807) is 6.07 Å². The minimum Gasteiger partial charge on any atom is -0.340 e. The van der Waals surface area contributed by atoms with Crippen LogP contribution in [0.15, 0.2) is 24.3 Å². The van der Waals surface area contributed by atoms with Crippen molar-refractivity contribution in [3.63, 3.8) is 0 Å². The smallest absolute Gasteiger partial charge is 0.272 e. The first-order chi connectivity index (χ1) is 12.5. The van der Waals surface area contributed by atoms with Gasteiger partial charge in [0, 0.05) is 24.3 Å². The first-order valence-electron chi connectivity index (χ1n) is 9.49. The lowest BCUT2D eigenvalue weighted by molar-refractivity contribution is 0.0601. The van der Waals surface area contributed by atoms with Gasteiger partial charge in [0.2, 0.25) is 0 Å². The van der Waals surface area contributed by atoms with Gasteiger partial charge >= 0.3 is 0 Å². The average molecular weight is 352 g/mol. The fourth-order valence-corrected chi connectivity index (χ4v) is 3.55. The van der Waals surface area contributed by atoms with Crippen molar-refractivity contribution in [1.29, 1.82) is 0 Å². The van der Waals surface area contributed by atoms with Crippen LogP contribution in [0.4, 0.5) is 11.5 Å². The molecule has 1 fully saturated rings. The first kappa shape index (κ1) is 18.4. The van der Waals surface area contributed by atoms with Crippen LogP contribution < -0.4 is 5.32 Å². The quantitative estimate of drug-likeness (QED) is 0.877. The SMILES string of the molecule is CCC1CCCCN1C(=O)c1cc(Nc2ccc(C)c(C)c2)nc(C)n1. The molecule has 0 radical (unpaired) electrons. The molecule has 0 saturated carbocycles. The topological polar surface area (TPSA) is 58.1 Å². The van der Waals surface area contributed by atoms with Crippen molar-refractivity contribution in [3.8, 4) is 0 Å². The van der Waals surface area contributed by atoms with Crippen LogP contribution in [-0.2, 0) is 0 Å². The van der Waals surface area contributed by atoms with Crippen LogP contribution >= 0.6 is 0 Å². The maximum absolute atomic E-state index is 13.0. The molecule has 1 aromatic carbocycles. The van der Waals surface area contributed by atoms with Crippen molar-refractivity contribution in [2.75, 3.05) is 11.9 Å². The van der Waals surface area contributed by atoms with Gasteiger partial charge in [0.05, 0.1) is 0 Å². The number of amides is 1. The van der Waals surface area contributed by atoms with Crippen LogP contribution in [0.25, 0.3) is 0 Å². The minimum absolute atomic E-state index is 0.0187. The Morgan fingerprint density at radius 2 is 1.96 bits per heavy atom. The summed E-state index contributed by atoms with van der Waals surface area (Å²) < 4.78 is 0. The summed E-state index contributed by atoms with van der Waals surface area (Å²) >= 11 is 0. The summed E-state index contributed by atoms with van der Waals surface area (Å²) in [6.45, 7) is 8.97. The molecule has 1 amide bonds. The Hall–Kier alpha value is -2.43. The van der Waals surface area contributed by atoms with Gasteiger partial charge in [-0.2, -0.15) is 0 Å². The summed E-state index contributed by atoms with van der Waals surface area (Å²) in [6, 6.07) is 8.29. The molecule has 138 valence electrons. The molecule has 1 aromatic heterocycles. The molecule has 1 N–H and O–H groups in total. The summed E-state index contributed by atoms with van der Waals surface area (Å²) in [5, 5.41) is 3.31. The maximum atomic E-state index is 13.0. The molecule has 0 spiro atoms. The second-order valence-electron chi connectivity index (χ2n) is 7.17. The zero-order valence-electron chi connectivity index (χ0n) is 16.2. The van der Waals surface area contributed by atoms with E-state index < -0.39 is 0 Å². The number of hydrogen-bond acceptors (Lipinski definition) is 4. The van der Waals surface area contributed by atoms with Crippen molar-refractivity contribution in [1.82, 2.24) is 14.9 Å². The zero-order chi connectivity index (χ0) is 18.7. The number of hydrogen-bond donors (Lipinski definition) is 1. The number of rotatable bonds is 4. The largest absolute Gasteiger partial charge is 0.340 e. The summed E-state index contributed by atoms with van der Waals surface area (Å²) in [5.74, 6) is 1.28. The molecule has 5 nitrogen and oxygen atoms in total. The number of aromatic nitrogens is 2. The molecule has 3 rings (SSSR count). The van der Waals surface area contributed by atoms with Crippen LogP contribution in [0.3, 0.4) is 0 Å². The summed E-state index contributed by atoms with van der Waals surface area (Å²) in [4.78, 5) is 23.9. The third-order valence-corrected chi connectivity index (χ3v) is 5.20. The van der Waals surface area contributed by atoms with Gasteiger partial charge in [-0.15, -0.1) is 0 Å². The number of likely N-dealkylation sites (tertiary alicyclic amines) is 1. The summed E-state index contributed by atoms with van der Waals surface area (Å²) in [6.07, 6.45) is 4.34. The molecule has 1 atom stereocenters. The predicted molar refractivity (Wildman–Crippen MR) is 105 cm³/mol. The number of piperidine rings is 1. The predicted octanol–water partition coefficient (Wildman–Crippen LogP) is 4.55. The van der Waals surface area contributed by atoms with E-state index in [0.29, 0.717) is 23.4 Å². The van der Waals surface area contributed by atoms with Gasteiger partial charge in [-0.25, -0.2) is 9.97 Å². The normalized spacial score (nSPS) is 17.2. The standard InChI is InChI=1S/C21H28N4O/c1-5-18-8-6-7-11-25(18)21(26)19-13-20(23-16(4)22-19)24-17-10-9-14(2)15(3)12-17/h9-10,12-13,18H,5-8,11H2,1-4H3,(H,22,23,24). The summed E-state index contributed by atoms with van der Waals surface area (Å²) in [7, 11) is 0. The van der Waals surface area contributed by atoms with Gasteiger partial charge in [-0.3, -0.25) is 4.79 Å². The molecule has 2 aromatic rings. The molecule has 1 saturated heterocycles. The highest BCUT2D eigenvalue weighted by Crippen LogP contribution is 2.23. The second-order valence-corrected chi connectivity index (χ2v) is 7.17.